The molecule has 6 heteroatoms. The van der Waals surface area contributed by atoms with E-state index in [2.05, 4.69) is 25.5 Å². The number of aromatic amines is 2. The molecule has 0 fully saturated rings. The molecule has 0 aliphatic carbocycles. The average molecular weight is 291 g/mol. The van der Waals surface area contributed by atoms with Crippen molar-refractivity contribution in [1.82, 2.24) is 25.5 Å². The largest absolute Gasteiger partial charge is 0.343 e. The summed E-state index contributed by atoms with van der Waals surface area (Å²) in [5.74, 6) is 0.493. The van der Waals surface area contributed by atoms with E-state index in [-0.39, 0.29) is 5.91 Å². The Morgan fingerprint density at radius 2 is 1.82 bits per heavy atom. The molecule has 2 heterocycles. The van der Waals surface area contributed by atoms with Crippen LogP contribution >= 0.6 is 0 Å². The molecule has 0 saturated carbocycles. The van der Waals surface area contributed by atoms with Crippen LogP contribution in [0.15, 0.2) is 48.5 Å². The van der Waals surface area contributed by atoms with Gasteiger partial charge in [0.15, 0.2) is 5.69 Å². The third kappa shape index (κ3) is 2.10. The van der Waals surface area contributed by atoms with Gasteiger partial charge in [-0.05, 0) is 18.2 Å². The van der Waals surface area contributed by atoms with E-state index < -0.39 is 0 Å². The monoisotopic (exact) mass is 291 g/mol. The lowest BCUT2D eigenvalue weighted by Gasteiger charge is -2.00. The van der Waals surface area contributed by atoms with E-state index in [1.54, 1.807) is 0 Å². The molecule has 0 radical (unpaired) electrons. The van der Waals surface area contributed by atoms with Crippen LogP contribution in [0.1, 0.15) is 16.3 Å². The summed E-state index contributed by atoms with van der Waals surface area (Å²) < 4.78 is 0. The molecule has 3 N–H and O–H groups in total. The molecule has 2 aromatic carbocycles. The summed E-state index contributed by atoms with van der Waals surface area (Å²) in [6, 6.07) is 15.3. The van der Waals surface area contributed by atoms with Gasteiger partial charge in [0.25, 0.3) is 5.91 Å². The van der Waals surface area contributed by atoms with Crippen molar-refractivity contribution in [3.63, 3.8) is 0 Å². The molecular weight excluding hydrogens is 278 g/mol. The Morgan fingerprint density at radius 3 is 2.68 bits per heavy atom. The molecule has 6 nitrogen and oxygen atoms in total. The Labute approximate surface area is 125 Å². The van der Waals surface area contributed by atoms with Crippen molar-refractivity contribution in [3.05, 3.63) is 60.0 Å². The van der Waals surface area contributed by atoms with Gasteiger partial charge >= 0.3 is 0 Å². The van der Waals surface area contributed by atoms with Gasteiger partial charge in [-0.2, -0.15) is 5.10 Å². The molecule has 4 aromatic rings. The van der Waals surface area contributed by atoms with Gasteiger partial charge in [0, 0.05) is 5.39 Å². The Kier molecular flexibility index (Phi) is 2.86. The second-order valence-electron chi connectivity index (χ2n) is 5.00. The van der Waals surface area contributed by atoms with E-state index in [9.17, 15) is 4.79 Å². The van der Waals surface area contributed by atoms with Crippen molar-refractivity contribution in [1.29, 1.82) is 0 Å². The van der Waals surface area contributed by atoms with Gasteiger partial charge in [0.2, 0.25) is 0 Å². The van der Waals surface area contributed by atoms with Crippen molar-refractivity contribution in [2.45, 2.75) is 6.54 Å². The fraction of sp³-hybridized carbons (Fsp3) is 0.0625. The van der Waals surface area contributed by atoms with Crippen LogP contribution in [0.4, 0.5) is 0 Å². The summed E-state index contributed by atoms with van der Waals surface area (Å²) >= 11 is 0. The Morgan fingerprint density at radius 1 is 1.05 bits per heavy atom. The SMILES string of the molecule is O=C(NCc1nc2ccccc2[nH]1)c1n[nH]c2ccccc12. The Balaban J connectivity index is 1.54. The van der Waals surface area contributed by atoms with Crippen LogP contribution < -0.4 is 5.32 Å². The smallest absolute Gasteiger partial charge is 0.272 e. The molecule has 2 aromatic heterocycles. The van der Waals surface area contributed by atoms with Crippen LogP contribution in [0.2, 0.25) is 0 Å². The number of hydrogen-bond acceptors (Lipinski definition) is 3. The number of hydrogen-bond donors (Lipinski definition) is 3. The molecule has 1 amide bonds. The van der Waals surface area contributed by atoms with E-state index >= 15 is 0 Å². The van der Waals surface area contributed by atoms with Crippen LogP contribution in [0.5, 0.6) is 0 Å². The van der Waals surface area contributed by atoms with E-state index in [1.165, 1.54) is 0 Å². The third-order valence-electron chi connectivity index (χ3n) is 3.54. The topological polar surface area (TPSA) is 86.5 Å². The van der Waals surface area contributed by atoms with Gasteiger partial charge in [-0.3, -0.25) is 9.89 Å². The summed E-state index contributed by atoms with van der Waals surface area (Å²) in [5.41, 5.74) is 3.08. The number of para-hydroxylation sites is 3. The van der Waals surface area contributed by atoms with Crippen molar-refractivity contribution >= 4 is 27.8 Å². The highest BCUT2D eigenvalue weighted by molar-refractivity contribution is 6.04. The molecule has 0 spiro atoms. The number of rotatable bonds is 3. The van der Waals surface area contributed by atoms with Gasteiger partial charge in [-0.1, -0.05) is 30.3 Å². The fourth-order valence-corrected chi connectivity index (χ4v) is 2.47. The predicted octanol–water partition coefficient (Wildman–Crippen LogP) is 2.37. The highest BCUT2D eigenvalue weighted by Crippen LogP contribution is 2.15. The highest BCUT2D eigenvalue weighted by Gasteiger charge is 2.13. The number of nitrogens with zero attached hydrogens (tertiary/aromatic N) is 2. The molecule has 4 rings (SSSR count). The highest BCUT2D eigenvalue weighted by atomic mass is 16.1. The van der Waals surface area contributed by atoms with Gasteiger partial charge in [-0.25, -0.2) is 4.98 Å². The van der Waals surface area contributed by atoms with E-state index in [4.69, 9.17) is 0 Å². The second kappa shape index (κ2) is 5.00. The first-order valence-electron chi connectivity index (χ1n) is 6.96. The predicted molar refractivity (Wildman–Crippen MR) is 83.4 cm³/mol. The minimum Gasteiger partial charge on any atom is -0.343 e. The number of carbonyl (C=O) groups excluding carboxylic acids is 1. The van der Waals surface area contributed by atoms with Crippen LogP contribution in [0.25, 0.3) is 21.9 Å². The number of imidazole rings is 1. The number of aromatic nitrogens is 4. The quantitative estimate of drug-likeness (QED) is 0.541. The van der Waals surface area contributed by atoms with Crippen LogP contribution in [-0.4, -0.2) is 26.1 Å². The van der Waals surface area contributed by atoms with Crippen LogP contribution in [0, 0.1) is 0 Å². The van der Waals surface area contributed by atoms with E-state index in [0.29, 0.717) is 12.2 Å². The maximum absolute atomic E-state index is 12.3. The minimum absolute atomic E-state index is 0.224. The molecule has 0 bridgehead atoms. The zero-order valence-electron chi connectivity index (χ0n) is 11.6. The van der Waals surface area contributed by atoms with Crippen molar-refractivity contribution in [3.8, 4) is 0 Å². The third-order valence-corrected chi connectivity index (χ3v) is 3.54. The van der Waals surface area contributed by atoms with Crippen LogP contribution in [-0.2, 0) is 6.54 Å². The van der Waals surface area contributed by atoms with Gasteiger partial charge in [0.1, 0.15) is 5.82 Å². The normalized spacial score (nSPS) is 11.1. The zero-order valence-corrected chi connectivity index (χ0v) is 11.6. The number of H-pyrrole nitrogens is 2. The molecule has 22 heavy (non-hydrogen) atoms. The summed E-state index contributed by atoms with van der Waals surface area (Å²) in [6.45, 7) is 0.328. The summed E-state index contributed by atoms with van der Waals surface area (Å²) in [5, 5.41) is 10.6. The van der Waals surface area contributed by atoms with E-state index in [0.717, 1.165) is 27.8 Å². The lowest BCUT2D eigenvalue weighted by Crippen LogP contribution is -2.24. The van der Waals surface area contributed by atoms with Gasteiger partial charge < -0.3 is 10.3 Å². The van der Waals surface area contributed by atoms with Crippen molar-refractivity contribution in [2.24, 2.45) is 0 Å². The first-order chi connectivity index (χ1) is 10.8. The first kappa shape index (κ1) is 12.6. The summed E-state index contributed by atoms with van der Waals surface area (Å²) in [6.07, 6.45) is 0. The van der Waals surface area contributed by atoms with E-state index in [1.807, 2.05) is 48.5 Å². The molecule has 0 unspecified atom stereocenters. The number of benzene rings is 2. The maximum Gasteiger partial charge on any atom is 0.272 e. The standard InChI is InChI=1S/C16H13N5O/c22-16(15-10-5-1-2-6-11(10)20-21-15)17-9-14-18-12-7-3-4-8-13(12)19-14/h1-8H,9H2,(H,17,22)(H,18,19)(H,20,21). The molecular formula is C16H13N5O. The maximum atomic E-state index is 12.3. The number of fused-ring (bicyclic) bond motifs is 2. The number of carbonyl (C=O) groups is 1. The fourth-order valence-electron chi connectivity index (χ4n) is 2.47. The van der Waals surface area contributed by atoms with Gasteiger partial charge in [-0.15, -0.1) is 0 Å². The first-order valence-corrected chi connectivity index (χ1v) is 6.96. The number of nitrogens with one attached hydrogen (secondary N) is 3. The lowest BCUT2D eigenvalue weighted by atomic mass is 10.2. The van der Waals surface area contributed by atoms with Crippen molar-refractivity contribution < 1.29 is 4.79 Å². The second-order valence-corrected chi connectivity index (χ2v) is 5.00. The summed E-state index contributed by atoms with van der Waals surface area (Å²) in [7, 11) is 0. The number of amides is 1. The molecule has 0 atom stereocenters. The van der Waals surface area contributed by atoms with Gasteiger partial charge in [0.05, 0.1) is 23.1 Å². The molecule has 108 valence electrons. The minimum atomic E-state index is -0.224. The summed E-state index contributed by atoms with van der Waals surface area (Å²) in [4.78, 5) is 19.9. The Hall–Kier alpha value is -3.15. The molecule has 0 aliphatic rings. The average Bonchev–Trinajstić information content (AvgIpc) is 3.16. The molecule has 0 aliphatic heterocycles. The Bertz CT molecular complexity index is 936. The van der Waals surface area contributed by atoms with Crippen molar-refractivity contribution in [2.75, 3.05) is 0 Å². The lowest BCUT2D eigenvalue weighted by molar-refractivity contribution is 0.0946. The molecule has 0 saturated heterocycles. The van der Waals surface area contributed by atoms with Crippen LogP contribution in [0.3, 0.4) is 0 Å². The zero-order chi connectivity index (χ0) is 14.9.